The van der Waals surface area contributed by atoms with E-state index in [1.165, 1.54) is 13.8 Å². The monoisotopic (exact) mass is 462 g/mol. The molecule has 2 aromatic rings. The summed E-state index contributed by atoms with van der Waals surface area (Å²) in [7, 11) is 0. The maximum absolute atomic E-state index is 13.6. The summed E-state index contributed by atoms with van der Waals surface area (Å²) in [6, 6.07) is 12.1. The Bertz CT molecular complexity index is 1200. The van der Waals surface area contributed by atoms with Gasteiger partial charge in [-0.1, -0.05) is 32.0 Å². The van der Waals surface area contributed by atoms with Crippen molar-refractivity contribution in [2.75, 3.05) is 16.8 Å². The van der Waals surface area contributed by atoms with Crippen molar-refractivity contribution >= 4 is 29.0 Å². The zero-order valence-corrected chi connectivity index (χ0v) is 20.2. The summed E-state index contributed by atoms with van der Waals surface area (Å²) < 4.78 is 11.1. The predicted molar refractivity (Wildman–Crippen MR) is 130 cm³/mol. The fourth-order valence-electron chi connectivity index (χ4n) is 4.85. The molecule has 0 spiro atoms. The average Bonchev–Trinajstić information content (AvgIpc) is 2.88. The van der Waals surface area contributed by atoms with Gasteiger partial charge in [0.1, 0.15) is 0 Å². The second kappa shape index (κ2) is 8.97. The molecule has 34 heavy (non-hydrogen) atoms. The molecule has 0 saturated heterocycles. The first-order valence-electron chi connectivity index (χ1n) is 11.5. The molecule has 1 N–H and O–H groups in total. The number of nitrogens with one attached hydrogen (secondary N) is 1. The number of allylic oxidation sites excluding steroid dienone is 1. The lowest BCUT2D eigenvalue weighted by atomic mass is 9.73. The van der Waals surface area contributed by atoms with Crippen molar-refractivity contribution in [2.24, 2.45) is 5.41 Å². The zero-order chi connectivity index (χ0) is 24.6. The zero-order valence-electron chi connectivity index (χ0n) is 20.2. The van der Waals surface area contributed by atoms with Gasteiger partial charge in [-0.3, -0.25) is 19.3 Å². The van der Waals surface area contributed by atoms with Crippen molar-refractivity contribution in [3.05, 3.63) is 59.3 Å². The summed E-state index contributed by atoms with van der Waals surface area (Å²) in [6.45, 7) is 9.19. The van der Waals surface area contributed by atoms with Crippen LogP contribution in [0.25, 0.3) is 0 Å². The molecule has 1 amide bonds. The van der Waals surface area contributed by atoms with Crippen molar-refractivity contribution in [3.63, 3.8) is 0 Å². The van der Waals surface area contributed by atoms with Crippen LogP contribution in [0.1, 0.15) is 59.1 Å². The Labute approximate surface area is 199 Å². The first-order valence-corrected chi connectivity index (χ1v) is 11.5. The molecule has 1 heterocycles. The molecule has 178 valence electrons. The van der Waals surface area contributed by atoms with Gasteiger partial charge in [0.15, 0.2) is 17.3 Å². The number of hydrogen-bond acceptors (Lipinski definition) is 6. The molecule has 0 radical (unpaired) electrons. The Morgan fingerprint density at radius 3 is 2.50 bits per heavy atom. The molecular weight excluding hydrogens is 432 g/mol. The second-order valence-electron chi connectivity index (χ2n) is 9.50. The number of esters is 1. The van der Waals surface area contributed by atoms with Crippen LogP contribution in [-0.4, -0.2) is 24.3 Å². The Balaban J connectivity index is 1.97. The number of benzene rings is 2. The Morgan fingerprint density at radius 1 is 1.09 bits per heavy atom. The highest BCUT2D eigenvalue weighted by Gasteiger charge is 2.42. The number of ether oxygens (including phenoxy) is 2. The van der Waals surface area contributed by atoms with E-state index >= 15 is 0 Å². The van der Waals surface area contributed by atoms with Crippen LogP contribution >= 0.6 is 0 Å². The summed E-state index contributed by atoms with van der Waals surface area (Å²) in [5, 5.41) is 3.47. The van der Waals surface area contributed by atoms with Crippen LogP contribution in [0.2, 0.25) is 0 Å². The van der Waals surface area contributed by atoms with E-state index in [4.69, 9.17) is 9.47 Å². The minimum Gasteiger partial charge on any atom is -0.490 e. The van der Waals surface area contributed by atoms with Gasteiger partial charge in [0.05, 0.1) is 24.0 Å². The molecule has 1 aliphatic heterocycles. The quantitative estimate of drug-likeness (QED) is 0.498. The average molecular weight is 463 g/mol. The molecule has 7 heteroatoms. The maximum Gasteiger partial charge on any atom is 0.308 e. The maximum atomic E-state index is 13.6. The van der Waals surface area contributed by atoms with Crippen molar-refractivity contribution < 1.29 is 23.9 Å². The summed E-state index contributed by atoms with van der Waals surface area (Å²) in [6.07, 6.45) is 1.06. The van der Waals surface area contributed by atoms with Crippen molar-refractivity contribution in [1.29, 1.82) is 0 Å². The number of carbonyl (C=O) groups excluding carboxylic acids is 3. The first kappa shape index (κ1) is 23.5. The van der Waals surface area contributed by atoms with Crippen molar-refractivity contribution in [3.8, 4) is 11.5 Å². The van der Waals surface area contributed by atoms with E-state index in [1.807, 2.05) is 31.2 Å². The Morgan fingerprint density at radius 2 is 1.82 bits per heavy atom. The van der Waals surface area contributed by atoms with Crippen LogP contribution in [0.3, 0.4) is 0 Å². The number of hydrogen-bond donors (Lipinski definition) is 1. The molecule has 0 saturated carbocycles. The predicted octanol–water partition coefficient (Wildman–Crippen LogP) is 5.17. The van der Waals surface area contributed by atoms with E-state index in [9.17, 15) is 14.4 Å². The minimum absolute atomic E-state index is 0.00447. The van der Waals surface area contributed by atoms with Crippen LogP contribution in [0.5, 0.6) is 11.5 Å². The van der Waals surface area contributed by atoms with Crippen molar-refractivity contribution in [1.82, 2.24) is 0 Å². The number of nitrogens with zero attached hydrogens (tertiary/aromatic N) is 1. The highest BCUT2D eigenvalue weighted by molar-refractivity contribution is 6.05. The van der Waals surface area contributed by atoms with Gasteiger partial charge in [-0.25, -0.2) is 0 Å². The van der Waals surface area contributed by atoms with Crippen LogP contribution in [0.4, 0.5) is 11.4 Å². The SMILES string of the molecule is CCOc1cc([C@@H]2C3=C(CC(C)(C)CC3=O)Nc3ccccc3N2C(C)=O)ccc1OC(C)=O. The third kappa shape index (κ3) is 4.42. The van der Waals surface area contributed by atoms with Crippen LogP contribution in [-0.2, 0) is 14.4 Å². The largest absolute Gasteiger partial charge is 0.490 e. The smallest absolute Gasteiger partial charge is 0.308 e. The third-order valence-electron chi connectivity index (χ3n) is 6.08. The fraction of sp³-hybridized carbons (Fsp3) is 0.370. The van der Waals surface area contributed by atoms with Crippen LogP contribution < -0.4 is 19.7 Å². The first-order chi connectivity index (χ1) is 16.1. The number of amides is 1. The number of rotatable bonds is 4. The van der Waals surface area contributed by atoms with Gasteiger partial charge in [-0.2, -0.15) is 0 Å². The van der Waals surface area contributed by atoms with Gasteiger partial charge >= 0.3 is 5.97 Å². The molecule has 2 aliphatic rings. The topological polar surface area (TPSA) is 84.9 Å². The number of anilines is 2. The summed E-state index contributed by atoms with van der Waals surface area (Å²) in [5.74, 6) is 0.0405. The molecule has 0 unspecified atom stereocenters. The number of para-hydroxylation sites is 2. The highest BCUT2D eigenvalue weighted by atomic mass is 16.6. The van der Waals surface area contributed by atoms with Crippen LogP contribution in [0, 0.1) is 5.41 Å². The van der Waals surface area contributed by atoms with Gasteiger partial charge in [-0.15, -0.1) is 0 Å². The van der Waals surface area contributed by atoms with Gasteiger partial charge < -0.3 is 14.8 Å². The molecule has 0 bridgehead atoms. The summed E-state index contributed by atoms with van der Waals surface area (Å²) in [5.41, 5.74) is 3.37. The Hall–Kier alpha value is -3.61. The van der Waals surface area contributed by atoms with Gasteiger partial charge in [-0.05, 0) is 48.6 Å². The molecule has 2 aromatic carbocycles. The highest BCUT2D eigenvalue weighted by Crippen LogP contribution is 2.49. The lowest BCUT2D eigenvalue weighted by Crippen LogP contribution is -2.38. The molecule has 7 nitrogen and oxygen atoms in total. The van der Waals surface area contributed by atoms with E-state index in [2.05, 4.69) is 19.2 Å². The van der Waals surface area contributed by atoms with Crippen LogP contribution in [0.15, 0.2) is 53.7 Å². The number of fused-ring (bicyclic) bond motifs is 1. The third-order valence-corrected chi connectivity index (χ3v) is 6.08. The minimum atomic E-state index is -0.655. The second-order valence-corrected chi connectivity index (χ2v) is 9.50. The van der Waals surface area contributed by atoms with Gasteiger partial charge in [0.2, 0.25) is 5.91 Å². The molecular formula is C27H30N2O5. The van der Waals surface area contributed by atoms with E-state index in [-0.39, 0.29) is 17.1 Å². The van der Waals surface area contributed by atoms with Gasteiger partial charge in [0, 0.05) is 31.5 Å². The van der Waals surface area contributed by atoms with E-state index < -0.39 is 12.0 Å². The number of carbonyl (C=O) groups is 3. The lowest BCUT2D eigenvalue weighted by molar-refractivity contribution is -0.132. The molecule has 0 aromatic heterocycles. The summed E-state index contributed by atoms with van der Waals surface area (Å²) in [4.78, 5) is 39.9. The van der Waals surface area contributed by atoms with Crippen molar-refractivity contribution in [2.45, 2.75) is 53.5 Å². The van der Waals surface area contributed by atoms with E-state index in [1.54, 1.807) is 23.1 Å². The lowest BCUT2D eigenvalue weighted by Gasteiger charge is -2.37. The van der Waals surface area contributed by atoms with E-state index in [0.29, 0.717) is 47.8 Å². The molecule has 1 aliphatic carbocycles. The number of Topliss-reactive ketones (excluding diaryl/α,β-unsaturated/α-hetero) is 1. The fourth-order valence-corrected chi connectivity index (χ4v) is 4.85. The molecule has 1 atom stereocenters. The summed E-state index contributed by atoms with van der Waals surface area (Å²) >= 11 is 0. The standard InChI is InChI=1S/C27H30N2O5/c1-6-33-24-13-18(11-12-23(24)34-17(3)31)26-25-20(14-27(4,5)15-22(25)32)28-19-9-7-8-10-21(19)29(26)16(2)30/h7-13,26,28H,6,14-15H2,1-5H3/t26-/m1/s1. The van der Waals surface area contributed by atoms with Gasteiger partial charge in [0.25, 0.3) is 0 Å². The Kier molecular flexibility index (Phi) is 6.21. The number of ketones is 1. The normalized spacial score (nSPS) is 18.9. The molecule has 0 fully saturated rings. The van der Waals surface area contributed by atoms with E-state index in [0.717, 1.165) is 11.4 Å². The molecule has 4 rings (SSSR count).